The van der Waals surface area contributed by atoms with Crippen molar-refractivity contribution in [3.05, 3.63) is 48.2 Å². The number of nitrogens with zero attached hydrogens (tertiary/aromatic N) is 2. The number of rotatable bonds is 5. The molecule has 1 aromatic heterocycles. The second-order valence-electron chi connectivity index (χ2n) is 5.69. The molecule has 0 bridgehead atoms. The summed E-state index contributed by atoms with van der Waals surface area (Å²) in [7, 11) is 0.479. The van der Waals surface area contributed by atoms with E-state index in [0.717, 1.165) is 14.4 Å². The summed E-state index contributed by atoms with van der Waals surface area (Å²) in [5, 5.41) is 3.70. The molecule has 1 heterocycles. The van der Waals surface area contributed by atoms with Crippen molar-refractivity contribution in [2.45, 2.75) is 4.90 Å². The lowest BCUT2D eigenvalue weighted by molar-refractivity contribution is 0.102. The molecule has 1 amide bonds. The van der Waals surface area contributed by atoms with Crippen molar-refractivity contribution < 1.29 is 17.9 Å². The number of benzene rings is 2. The molecule has 0 aliphatic rings. The predicted molar refractivity (Wildman–Crippen MR) is 101 cm³/mol. The Balaban J connectivity index is 1.94. The molecule has 3 aromatic rings. The third-order valence-corrected chi connectivity index (χ3v) is 6.41. The molecule has 0 atom stereocenters. The molecule has 0 aliphatic heterocycles. The minimum atomic E-state index is -3.75. The quantitative estimate of drug-likeness (QED) is 0.722. The van der Waals surface area contributed by atoms with Gasteiger partial charge >= 0.3 is 0 Å². The number of anilines is 1. The topological polar surface area (TPSA) is 88.6 Å². The molecular formula is C17H17N3O4S2. The zero-order chi connectivity index (χ0) is 18.9. The number of nitrogens with one attached hydrogen (secondary N) is 1. The molecule has 136 valence electrons. The largest absolute Gasteiger partial charge is 0.495 e. The minimum absolute atomic E-state index is 0.0601. The van der Waals surface area contributed by atoms with Crippen molar-refractivity contribution in [2.24, 2.45) is 0 Å². The highest BCUT2D eigenvalue weighted by atomic mass is 32.2. The Hall–Kier alpha value is -2.49. The van der Waals surface area contributed by atoms with E-state index in [1.54, 1.807) is 12.3 Å². The first kappa shape index (κ1) is 18.3. The van der Waals surface area contributed by atoms with Crippen molar-refractivity contribution >= 4 is 43.2 Å². The molecule has 0 unspecified atom stereocenters. The summed E-state index contributed by atoms with van der Waals surface area (Å²) in [6, 6.07) is 9.77. The summed E-state index contributed by atoms with van der Waals surface area (Å²) in [6.07, 6.45) is 1.73. The smallest absolute Gasteiger partial charge is 0.255 e. The fourth-order valence-corrected chi connectivity index (χ4v) is 4.07. The highest BCUT2D eigenvalue weighted by Crippen LogP contribution is 2.28. The first-order valence-electron chi connectivity index (χ1n) is 7.59. The molecule has 0 radical (unpaired) electrons. The Morgan fingerprint density at radius 2 is 1.96 bits per heavy atom. The molecule has 0 fully saturated rings. The van der Waals surface area contributed by atoms with E-state index >= 15 is 0 Å². The van der Waals surface area contributed by atoms with Crippen LogP contribution >= 0.6 is 11.5 Å². The lowest BCUT2D eigenvalue weighted by atomic mass is 10.2. The maximum Gasteiger partial charge on any atom is 0.255 e. The number of amides is 1. The summed E-state index contributed by atoms with van der Waals surface area (Å²) in [6.45, 7) is 0. The van der Waals surface area contributed by atoms with Crippen molar-refractivity contribution in [1.29, 1.82) is 0 Å². The van der Waals surface area contributed by atoms with E-state index in [1.807, 2.05) is 12.1 Å². The number of carbonyl (C=O) groups is 1. The summed E-state index contributed by atoms with van der Waals surface area (Å²) in [4.78, 5) is 12.5. The van der Waals surface area contributed by atoms with E-state index < -0.39 is 15.9 Å². The van der Waals surface area contributed by atoms with E-state index in [1.165, 1.54) is 50.9 Å². The van der Waals surface area contributed by atoms with Crippen LogP contribution in [0.4, 0.5) is 5.69 Å². The normalized spacial score (nSPS) is 11.7. The van der Waals surface area contributed by atoms with Gasteiger partial charge < -0.3 is 10.1 Å². The minimum Gasteiger partial charge on any atom is -0.495 e. The molecule has 26 heavy (non-hydrogen) atoms. The molecule has 1 N–H and O–H groups in total. The maximum atomic E-state index is 12.6. The molecule has 2 aromatic carbocycles. The van der Waals surface area contributed by atoms with Crippen molar-refractivity contribution in [1.82, 2.24) is 8.68 Å². The predicted octanol–water partition coefficient (Wildman–Crippen LogP) is 2.81. The lowest BCUT2D eigenvalue weighted by Gasteiger charge is -2.15. The average molecular weight is 391 g/mol. The van der Waals surface area contributed by atoms with Crippen molar-refractivity contribution in [3.63, 3.8) is 0 Å². The van der Waals surface area contributed by atoms with Gasteiger partial charge in [0.05, 0.1) is 11.8 Å². The molecule has 7 nitrogen and oxygen atoms in total. The van der Waals surface area contributed by atoms with Crippen molar-refractivity contribution in [2.75, 3.05) is 26.5 Å². The lowest BCUT2D eigenvalue weighted by Crippen LogP contribution is -2.23. The summed E-state index contributed by atoms with van der Waals surface area (Å²) >= 11 is 1.37. The molecule has 0 spiro atoms. The molecule has 0 saturated carbocycles. The van der Waals surface area contributed by atoms with Crippen LogP contribution in [0.25, 0.3) is 10.1 Å². The van der Waals surface area contributed by atoms with E-state index in [0.29, 0.717) is 5.69 Å². The van der Waals surface area contributed by atoms with E-state index in [2.05, 4.69) is 9.69 Å². The molecule has 3 rings (SSSR count). The van der Waals surface area contributed by atoms with Gasteiger partial charge in [-0.25, -0.2) is 12.7 Å². The third kappa shape index (κ3) is 3.41. The Labute approximate surface area is 155 Å². The van der Waals surface area contributed by atoms with Gasteiger partial charge in [0.1, 0.15) is 10.6 Å². The summed E-state index contributed by atoms with van der Waals surface area (Å²) < 4.78 is 36.3. The average Bonchev–Trinajstić information content (AvgIpc) is 3.08. The molecular weight excluding hydrogens is 374 g/mol. The SMILES string of the molecule is COc1ccc(C(=O)Nc2ccc3sncc3c2)cc1S(=O)(=O)N(C)C. The highest BCUT2D eigenvalue weighted by Gasteiger charge is 2.24. The Morgan fingerprint density at radius 1 is 1.19 bits per heavy atom. The van der Waals surface area contributed by atoms with Crippen LogP contribution in [-0.4, -0.2) is 44.2 Å². The first-order valence-corrected chi connectivity index (χ1v) is 9.80. The van der Waals surface area contributed by atoms with Crippen LogP contribution in [0.1, 0.15) is 10.4 Å². The Morgan fingerprint density at radius 3 is 2.65 bits per heavy atom. The van der Waals surface area contributed by atoms with Gasteiger partial charge in [-0.05, 0) is 47.9 Å². The van der Waals surface area contributed by atoms with Crippen LogP contribution in [0.5, 0.6) is 5.75 Å². The van der Waals surface area contributed by atoms with E-state index in [4.69, 9.17) is 4.74 Å². The van der Waals surface area contributed by atoms with Crippen LogP contribution in [0.15, 0.2) is 47.5 Å². The van der Waals surface area contributed by atoms with Gasteiger partial charge in [0, 0.05) is 36.9 Å². The zero-order valence-electron chi connectivity index (χ0n) is 14.4. The Bertz CT molecular complexity index is 1070. The van der Waals surface area contributed by atoms with Gasteiger partial charge in [-0.1, -0.05) is 0 Å². The van der Waals surface area contributed by atoms with Gasteiger partial charge in [0.15, 0.2) is 0 Å². The van der Waals surface area contributed by atoms with Gasteiger partial charge in [-0.15, -0.1) is 0 Å². The van der Waals surface area contributed by atoms with E-state index in [-0.39, 0.29) is 16.2 Å². The zero-order valence-corrected chi connectivity index (χ0v) is 16.0. The number of hydrogen-bond donors (Lipinski definition) is 1. The van der Waals surface area contributed by atoms with Gasteiger partial charge in [-0.3, -0.25) is 4.79 Å². The highest BCUT2D eigenvalue weighted by molar-refractivity contribution is 7.89. The van der Waals surface area contributed by atoms with Crippen LogP contribution < -0.4 is 10.1 Å². The number of sulfonamides is 1. The molecule has 0 aliphatic carbocycles. The maximum absolute atomic E-state index is 12.6. The monoisotopic (exact) mass is 391 g/mol. The summed E-state index contributed by atoms with van der Waals surface area (Å²) in [5.41, 5.74) is 0.824. The third-order valence-electron chi connectivity index (χ3n) is 3.79. The summed E-state index contributed by atoms with van der Waals surface area (Å²) in [5.74, 6) is -0.230. The standard InChI is InChI=1S/C17H17N3O4S2/c1-20(2)26(22,23)16-9-11(4-6-14(16)24-3)17(21)19-13-5-7-15-12(8-13)10-18-25-15/h4-10H,1-3H3,(H,19,21). The van der Waals surface area contributed by atoms with Gasteiger partial charge in [0.2, 0.25) is 10.0 Å². The first-order chi connectivity index (χ1) is 12.3. The van der Waals surface area contributed by atoms with Gasteiger partial charge in [0.25, 0.3) is 5.91 Å². The van der Waals surface area contributed by atoms with Crippen LogP contribution in [-0.2, 0) is 10.0 Å². The number of carbonyl (C=O) groups excluding carboxylic acids is 1. The van der Waals surface area contributed by atoms with E-state index in [9.17, 15) is 13.2 Å². The number of hydrogen-bond acceptors (Lipinski definition) is 6. The fourth-order valence-electron chi connectivity index (χ4n) is 2.37. The second kappa shape index (κ2) is 7.02. The number of ether oxygens (including phenoxy) is 1. The Kier molecular flexibility index (Phi) is 4.94. The van der Waals surface area contributed by atoms with Crippen LogP contribution in [0.3, 0.4) is 0 Å². The van der Waals surface area contributed by atoms with Gasteiger partial charge in [-0.2, -0.15) is 4.37 Å². The molecule has 0 saturated heterocycles. The second-order valence-corrected chi connectivity index (χ2v) is 8.64. The molecule has 9 heteroatoms. The van der Waals surface area contributed by atoms with Crippen molar-refractivity contribution in [3.8, 4) is 5.75 Å². The van der Waals surface area contributed by atoms with Crippen LogP contribution in [0.2, 0.25) is 0 Å². The van der Waals surface area contributed by atoms with Crippen LogP contribution in [0, 0.1) is 0 Å². The fraction of sp³-hybridized carbons (Fsp3) is 0.176. The number of methoxy groups -OCH3 is 1. The number of fused-ring (bicyclic) bond motifs is 1. The number of aromatic nitrogens is 1.